The number of carbonyl (C=O) groups excluding carboxylic acids is 3. The lowest BCUT2D eigenvalue weighted by molar-refractivity contribution is -0.132. The molecule has 1 unspecified atom stereocenters. The van der Waals surface area contributed by atoms with Crippen molar-refractivity contribution >= 4 is 45.5 Å². The van der Waals surface area contributed by atoms with E-state index >= 15 is 0 Å². The van der Waals surface area contributed by atoms with Crippen molar-refractivity contribution in [2.45, 2.75) is 13.0 Å². The molecular formula is C30H24N2O5. The minimum absolute atomic E-state index is 0.0134. The number of aliphatic hydroxyl groups is 1. The highest BCUT2D eigenvalue weighted by atomic mass is 16.5. The average Bonchev–Trinajstić information content (AvgIpc) is 3.18. The molecule has 184 valence electrons. The summed E-state index contributed by atoms with van der Waals surface area (Å²) < 4.78 is 5.39. The Hall–Kier alpha value is -4.91. The smallest absolute Gasteiger partial charge is 0.300 e. The molecule has 5 rings (SSSR count). The quantitative estimate of drug-likeness (QED) is 0.220. The van der Waals surface area contributed by atoms with Gasteiger partial charge in [0.25, 0.3) is 11.7 Å². The number of benzene rings is 4. The Kier molecular flexibility index (Phi) is 6.19. The second-order valence-corrected chi connectivity index (χ2v) is 8.70. The van der Waals surface area contributed by atoms with Gasteiger partial charge in [-0.3, -0.25) is 19.3 Å². The number of hydrogen-bond acceptors (Lipinski definition) is 5. The molecule has 7 nitrogen and oxygen atoms in total. The normalized spacial score (nSPS) is 16.7. The van der Waals surface area contributed by atoms with Crippen molar-refractivity contribution in [3.05, 3.63) is 108 Å². The molecule has 0 aromatic heterocycles. The number of ketones is 1. The second kappa shape index (κ2) is 9.62. The summed E-state index contributed by atoms with van der Waals surface area (Å²) >= 11 is 0. The largest absolute Gasteiger partial charge is 0.507 e. The number of nitrogens with one attached hydrogen (secondary N) is 1. The van der Waals surface area contributed by atoms with Crippen molar-refractivity contribution in [2.75, 3.05) is 17.3 Å². The number of amides is 2. The highest BCUT2D eigenvalue weighted by Gasteiger charge is 2.47. The molecule has 0 spiro atoms. The summed E-state index contributed by atoms with van der Waals surface area (Å²) in [5.41, 5.74) is 2.05. The van der Waals surface area contributed by atoms with Gasteiger partial charge in [0.05, 0.1) is 18.7 Å². The fourth-order valence-electron chi connectivity index (χ4n) is 4.71. The molecule has 2 N–H and O–H groups in total. The van der Waals surface area contributed by atoms with E-state index in [0.717, 1.165) is 10.8 Å². The van der Waals surface area contributed by atoms with E-state index in [4.69, 9.17) is 4.74 Å². The van der Waals surface area contributed by atoms with Gasteiger partial charge in [-0.25, -0.2) is 0 Å². The molecule has 0 bridgehead atoms. The molecule has 7 heteroatoms. The van der Waals surface area contributed by atoms with Crippen molar-refractivity contribution in [2.24, 2.45) is 0 Å². The molecule has 37 heavy (non-hydrogen) atoms. The Morgan fingerprint density at radius 2 is 1.62 bits per heavy atom. The van der Waals surface area contributed by atoms with Gasteiger partial charge in [0, 0.05) is 23.9 Å². The van der Waals surface area contributed by atoms with Crippen molar-refractivity contribution in [1.82, 2.24) is 0 Å². The summed E-state index contributed by atoms with van der Waals surface area (Å²) in [6.45, 7) is 1.41. The van der Waals surface area contributed by atoms with E-state index in [1.54, 1.807) is 60.7 Å². The van der Waals surface area contributed by atoms with Crippen LogP contribution in [0, 0.1) is 0 Å². The monoisotopic (exact) mass is 492 g/mol. The lowest BCUT2D eigenvalue weighted by Gasteiger charge is -2.26. The standard InChI is InChI=1S/C30H24N2O5/c1-18(33)31-21-13-15-22(16-14-21)32-27(20-9-5-10-23(17-20)37-2)26(29(35)30(32)36)28(34)25-12-6-8-19-7-3-4-11-24(19)25/h3-17,27,34H,1-2H3,(H,31,33)/b28-26-. The predicted octanol–water partition coefficient (Wildman–Crippen LogP) is 5.43. The minimum atomic E-state index is -0.902. The molecule has 4 aromatic carbocycles. The minimum Gasteiger partial charge on any atom is -0.507 e. The van der Waals surface area contributed by atoms with Crippen molar-refractivity contribution in [1.29, 1.82) is 0 Å². The summed E-state index contributed by atoms with van der Waals surface area (Å²) in [5.74, 6) is -1.47. The van der Waals surface area contributed by atoms with Crippen LogP contribution in [0.4, 0.5) is 11.4 Å². The average molecular weight is 493 g/mol. The number of anilines is 2. The maximum atomic E-state index is 13.5. The van der Waals surface area contributed by atoms with E-state index in [9.17, 15) is 19.5 Å². The molecule has 1 aliphatic rings. The Labute approximate surface area is 213 Å². The van der Waals surface area contributed by atoms with Crippen LogP contribution in [0.15, 0.2) is 96.6 Å². The van der Waals surface area contributed by atoms with Crippen LogP contribution < -0.4 is 15.0 Å². The number of methoxy groups -OCH3 is 1. The van der Waals surface area contributed by atoms with E-state index in [1.807, 2.05) is 30.3 Å². The van der Waals surface area contributed by atoms with Gasteiger partial charge in [0.1, 0.15) is 11.5 Å². The molecule has 4 aromatic rings. The Morgan fingerprint density at radius 1 is 0.919 bits per heavy atom. The Balaban J connectivity index is 1.72. The van der Waals surface area contributed by atoms with Crippen molar-refractivity contribution < 1.29 is 24.2 Å². The van der Waals surface area contributed by atoms with E-state index in [0.29, 0.717) is 28.3 Å². The zero-order valence-corrected chi connectivity index (χ0v) is 20.3. The molecule has 1 aliphatic heterocycles. The molecule has 0 radical (unpaired) electrons. The first-order valence-corrected chi connectivity index (χ1v) is 11.7. The molecule has 1 atom stereocenters. The van der Waals surface area contributed by atoms with Crippen LogP contribution in [0.25, 0.3) is 16.5 Å². The number of ether oxygens (including phenoxy) is 1. The van der Waals surface area contributed by atoms with Crippen LogP contribution in [-0.2, 0) is 14.4 Å². The lowest BCUT2D eigenvalue weighted by Crippen LogP contribution is -2.29. The van der Waals surface area contributed by atoms with E-state index in [-0.39, 0.29) is 17.2 Å². The third-order valence-electron chi connectivity index (χ3n) is 6.36. The summed E-state index contributed by atoms with van der Waals surface area (Å²) in [4.78, 5) is 39.7. The van der Waals surface area contributed by atoms with Crippen LogP contribution >= 0.6 is 0 Å². The van der Waals surface area contributed by atoms with Gasteiger partial charge in [-0.15, -0.1) is 0 Å². The van der Waals surface area contributed by atoms with Crippen LogP contribution in [0.3, 0.4) is 0 Å². The van der Waals surface area contributed by atoms with Crippen LogP contribution in [0.5, 0.6) is 5.75 Å². The van der Waals surface area contributed by atoms with Gasteiger partial charge in [-0.05, 0) is 52.7 Å². The number of hydrogen-bond donors (Lipinski definition) is 2. The van der Waals surface area contributed by atoms with Gasteiger partial charge in [-0.1, -0.05) is 54.6 Å². The zero-order chi connectivity index (χ0) is 26.1. The summed E-state index contributed by atoms with van der Waals surface area (Å²) in [6, 6.07) is 25.8. The molecule has 0 aliphatic carbocycles. The fourth-order valence-corrected chi connectivity index (χ4v) is 4.71. The zero-order valence-electron chi connectivity index (χ0n) is 20.3. The second-order valence-electron chi connectivity index (χ2n) is 8.70. The third-order valence-corrected chi connectivity index (χ3v) is 6.36. The van der Waals surface area contributed by atoms with Crippen molar-refractivity contribution in [3.8, 4) is 5.75 Å². The lowest BCUT2D eigenvalue weighted by atomic mass is 9.93. The number of nitrogens with zero attached hydrogens (tertiary/aromatic N) is 1. The summed E-state index contributed by atoms with van der Waals surface area (Å²) in [5, 5.41) is 15.9. The van der Waals surface area contributed by atoms with E-state index in [1.165, 1.54) is 18.9 Å². The highest BCUT2D eigenvalue weighted by molar-refractivity contribution is 6.51. The molecule has 1 saturated heterocycles. The van der Waals surface area contributed by atoms with Gasteiger partial charge in [0.15, 0.2) is 0 Å². The van der Waals surface area contributed by atoms with Crippen LogP contribution in [0.2, 0.25) is 0 Å². The Bertz CT molecular complexity index is 1570. The molecule has 1 heterocycles. The maximum absolute atomic E-state index is 13.5. The van der Waals surface area contributed by atoms with Gasteiger partial charge < -0.3 is 15.2 Å². The van der Waals surface area contributed by atoms with Gasteiger partial charge in [-0.2, -0.15) is 0 Å². The van der Waals surface area contributed by atoms with E-state index in [2.05, 4.69) is 5.32 Å². The number of fused-ring (bicyclic) bond motifs is 1. The van der Waals surface area contributed by atoms with Gasteiger partial charge >= 0.3 is 0 Å². The van der Waals surface area contributed by atoms with E-state index < -0.39 is 17.7 Å². The van der Waals surface area contributed by atoms with Gasteiger partial charge in [0.2, 0.25) is 5.91 Å². The highest BCUT2D eigenvalue weighted by Crippen LogP contribution is 2.43. The predicted molar refractivity (Wildman–Crippen MR) is 142 cm³/mol. The molecule has 1 fully saturated rings. The third kappa shape index (κ3) is 4.31. The number of aliphatic hydroxyl groups excluding tert-OH is 1. The van der Waals surface area contributed by atoms with Crippen LogP contribution in [0.1, 0.15) is 24.1 Å². The topological polar surface area (TPSA) is 95.9 Å². The summed E-state index contributed by atoms with van der Waals surface area (Å²) in [7, 11) is 1.53. The number of carbonyl (C=O) groups is 3. The maximum Gasteiger partial charge on any atom is 0.300 e. The molecule has 2 amide bonds. The fraction of sp³-hybridized carbons (Fsp3) is 0.100. The summed E-state index contributed by atoms with van der Waals surface area (Å²) in [6.07, 6.45) is 0. The molecule has 0 saturated carbocycles. The SMILES string of the molecule is COc1cccc(C2/C(=C(/O)c3cccc4ccccc34)C(=O)C(=O)N2c2ccc(NC(C)=O)cc2)c1. The number of Topliss-reactive ketones (excluding diaryl/α,β-unsaturated/α-hetero) is 1. The van der Waals surface area contributed by atoms with Crippen molar-refractivity contribution in [3.63, 3.8) is 0 Å². The first-order valence-electron chi connectivity index (χ1n) is 11.7. The number of rotatable bonds is 5. The first kappa shape index (κ1) is 23.8. The Morgan fingerprint density at radius 3 is 2.35 bits per heavy atom. The first-order chi connectivity index (χ1) is 17.9. The van der Waals surface area contributed by atoms with Crippen LogP contribution in [-0.4, -0.2) is 29.8 Å². The molecular weight excluding hydrogens is 468 g/mol.